The van der Waals surface area contributed by atoms with E-state index < -0.39 is 0 Å². The van der Waals surface area contributed by atoms with Gasteiger partial charge in [-0.25, -0.2) is 4.98 Å². The van der Waals surface area contributed by atoms with Gasteiger partial charge in [-0.15, -0.1) is 10.2 Å². The molecule has 1 aliphatic rings. The van der Waals surface area contributed by atoms with Crippen molar-refractivity contribution in [1.82, 2.24) is 15.2 Å². The molecule has 0 amide bonds. The zero-order valence-electron chi connectivity index (χ0n) is 15.1. The average Bonchev–Trinajstić information content (AvgIpc) is 2.64. The summed E-state index contributed by atoms with van der Waals surface area (Å²) in [6.07, 6.45) is 0. The SMILES string of the molecule is CCN.CCN.Nc1nnc(N2CCOCC2)c(-c2ccccc2)n1. The number of rotatable bonds is 2. The molecule has 0 saturated carbocycles. The quantitative estimate of drug-likeness (QED) is 0.730. The molecule has 1 fully saturated rings. The van der Waals surface area contributed by atoms with Crippen molar-refractivity contribution >= 4 is 11.8 Å². The minimum Gasteiger partial charge on any atom is -0.378 e. The maximum Gasteiger partial charge on any atom is 0.240 e. The summed E-state index contributed by atoms with van der Waals surface area (Å²) in [6.45, 7) is 8.28. The van der Waals surface area contributed by atoms with E-state index in [9.17, 15) is 0 Å². The number of anilines is 2. The molecule has 1 aromatic heterocycles. The Kier molecular flexibility index (Phi) is 10.1. The molecule has 0 aliphatic carbocycles. The summed E-state index contributed by atoms with van der Waals surface area (Å²) in [5, 5.41) is 8.09. The van der Waals surface area contributed by atoms with E-state index in [4.69, 9.17) is 21.9 Å². The number of nitrogen functional groups attached to an aromatic ring is 1. The number of morpholine rings is 1. The Hall–Kier alpha value is -2.29. The van der Waals surface area contributed by atoms with Crippen molar-refractivity contribution in [2.75, 3.05) is 50.0 Å². The first-order chi connectivity index (χ1) is 12.2. The Morgan fingerprint density at radius 3 is 2.12 bits per heavy atom. The van der Waals surface area contributed by atoms with Crippen LogP contribution in [0.25, 0.3) is 11.3 Å². The number of ether oxygens (including phenoxy) is 1. The van der Waals surface area contributed by atoms with Gasteiger partial charge in [0.1, 0.15) is 5.69 Å². The Morgan fingerprint density at radius 1 is 1.00 bits per heavy atom. The van der Waals surface area contributed by atoms with Gasteiger partial charge in [0.15, 0.2) is 5.82 Å². The van der Waals surface area contributed by atoms with Crippen LogP contribution in [0.4, 0.5) is 11.8 Å². The van der Waals surface area contributed by atoms with Gasteiger partial charge in [0.2, 0.25) is 5.95 Å². The van der Waals surface area contributed by atoms with Gasteiger partial charge in [0, 0.05) is 18.7 Å². The maximum absolute atomic E-state index is 5.67. The topological polar surface area (TPSA) is 129 Å². The third kappa shape index (κ3) is 7.00. The highest BCUT2D eigenvalue weighted by Crippen LogP contribution is 2.27. The van der Waals surface area contributed by atoms with E-state index in [1.165, 1.54) is 0 Å². The minimum absolute atomic E-state index is 0.191. The van der Waals surface area contributed by atoms with Crippen LogP contribution < -0.4 is 22.1 Å². The summed E-state index contributed by atoms with van der Waals surface area (Å²) in [7, 11) is 0. The van der Waals surface area contributed by atoms with Gasteiger partial charge in [0.25, 0.3) is 0 Å². The zero-order chi connectivity index (χ0) is 18.5. The Balaban J connectivity index is 0.000000460. The minimum atomic E-state index is 0.191. The molecule has 25 heavy (non-hydrogen) atoms. The van der Waals surface area contributed by atoms with E-state index in [-0.39, 0.29) is 5.95 Å². The molecule has 3 rings (SSSR count). The molecule has 2 aromatic rings. The largest absolute Gasteiger partial charge is 0.378 e. The van der Waals surface area contributed by atoms with E-state index in [0.717, 1.165) is 43.3 Å². The standard InChI is InChI=1S/C13H15N5O.2C2H7N/c14-13-15-11(10-4-2-1-3-5-10)12(16-17-13)18-6-8-19-9-7-18;2*1-2-3/h1-5H,6-9H2,(H2,14,15,17);2*2-3H2,1H3. The maximum atomic E-state index is 5.67. The fraction of sp³-hybridized carbons (Fsp3) is 0.471. The van der Waals surface area contributed by atoms with Crippen LogP contribution in [-0.4, -0.2) is 54.6 Å². The molecule has 1 aliphatic heterocycles. The normalized spacial score (nSPS) is 13.2. The van der Waals surface area contributed by atoms with Crippen LogP contribution in [-0.2, 0) is 4.74 Å². The van der Waals surface area contributed by atoms with Gasteiger partial charge < -0.3 is 26.8 Å². The molecule has 2 heterocycles. The number of benzene rings is 1. The fourth-order valence-electron chi connectivity index (χ4n) is 2.11. The second-order valence-corrected chi connectivity index (χ2v) is 5.12. The lowest BCUT2D eigenvalue weighted by molar-refractivity contribution is 0.122. The second kappa shape index (κ2) is 12.1. The van der Waals surface area contributed by atoms with Gasteiger partial charge in [-0.2, -0.15) is 0 Å². The van der Waals surface area contributed by atoms with Gasteiger partial charge >= 0.3 is 0 Å². The number of hydrogen-bond donors (Lipinski definition) is 3. The smallest absolute Gasteiger partial charge is 0.240 e. The van der Waals surface area contributed by atoms with Crippen LogP contribution in [0.1, 0.15) is 13.8 Å². The van der Waals surface area contributed by atoms with Gasteiger partial charge in [-0.3, -0.25) is 0 Å². The lowest BCUT2D eigenvalue weighted by atomic mass is 10.1. The first-order valence-electron chi connectivity index (χ1n) is 8.46. The molecule has 0 atom stereocenters. The summed E-state index contributed by atoms with van der Waals surface area (Å²) in [6, 6.07) is 9.89. The lowest BCUT2D eigenvalue weighted by Crippen LogP contribution is -2.37. The number of nitrogens with zero attached hydrogens (tertiary/aromatic N) is 4. The van der Waals surface area contributed by atoms with E-state index in [0.29, 0.717) is 13.2 Å². The first-order valence-corrected chi connectivity index (χ1v) is 8.46. The summed E-state index contributed by atoms with van der Waals surface area (Å²) in [5.41, 5.74) is 17.1. The van der Waals surface area contributed by atoms with Crippen molar-refractivity contribution in [3.8, 4) is 11.3 Å². The average molecular weight is 347 g/mol. The molecule has 1 aromatic carbocycles. The zero-order valence-corrected chi connectivity index (χ0v) is 15.1. The van der Waals surface area contributed by atoms with Crippen LogP contribution in [0.3, 0.4) is 0 Å². The van der Waals surface area contributed by atoms with Crippen LogP contribution >= 0.6 is 0 Å². The fourth-order valence-corrected chi connectivity index (χ4v) is 2.11. The monoisotopic (exact) mass is 347 g/mol. The van der Waals surface area contributed by atoms with Crippen LogP contribution in [0, 0.1) is 0 Å². The predicted octanol–water partition coefficient (Wildman–Crippen LogP) is 0.887. The molecule has 138 valence electrons. The van der Waals surface area contributed by atoms with Crippen LogP contribution in [0.15, 0.2) is 30.3 Å². The van der Waals surface area contributed by atoms with Crippen molar-refractivity contribution in [2.45, 2.75) is 13.8 Å². The molecular weight excluding hydrogens is 318 g/mol. The van der Waals surface area contributed by atoms with Crippen LogP contribution in [0.5, 0.6) is 0 Å². The Bertz CT molecular complexity index is 587. The first kappa shape index (κ1) is 20.8. The van der Waals surface area contributed by atoms with Crippen molar-refractivity contribution in [2.24, 2.45) is 11.5 Å². The van der Waals surface area contributed by atoms with Crippen molar-refractivity contribution < 1.29 is 4.74 Å². The molecular formula is C17H29N7O. The summed E-state index contributed by atoms with van der Waals surface area (Å²) < 4.78 is 5.36. The summed E-state index contributed by atoms with van der Waals surface area (Å²) in [4.78, 5) is 6.47. The molecule has 0 unspecified atom stereocenters. The highest BCUT2D eigenvalue weighted by molar-refractivity contribution is 5.72. The van der Waals surface area contributed by atoms with Crippen molar-refractivity contribution in [3.05, 3.63) is 30.3 Å². The molecule has 0 spiro atoms. The van der Waals surface area contributed by atoms with Crippen LogP contribution in [0.2, 0.25) is 0 Å². The molecule has 6 N–H and O–H groups in total. The van der Waals surface area contributed by atoms with E-state index in [1.54, 1.807) is 0 Å². The molecule has 8 heteroatoms. The second-order valence-electron chi connectivity index (χ2n) is 5.12. The highest BCUT2D eigenvalue weighted by atomic mass is 16.5. The highest BCUT2D eigenvalue weighted by Gasteiger charge is 2.19. The van der Waals surface area contributed by atoms with E-state index in [1.807, 2.05) is 44.2 Å². The third-order valence-corrected chi connectivity index (χ3v) is 3.04. The van der Waals surface area contributed by atoms with Gasteiger partial charge in [-0.1, -0.05) is 44.2 Å². The van der Waals surface area contributed by atoms with Gasteiger partial charge in [-0.05, 0) is 13.1 Å². The van der Waals surface area contributed by atoms with Gasteiger partial charge in [0.05, 0.1) is 13.2 Å². The Labute approximate surface area is 149 Å². The molecule has 0 bridgehead atoms. The molecule has 0 radical (unpaired) electrons. The Morgan fingerprint density at radius 2 is 1.56 bits per heavy atom. The lowest BCUT2D eigenvalue weighted by Gasteiger charge is -2.28. The molecule has 1 saturated heterocycles. The third-order valence-electron chi connectivity index (χ3n) is 3.04. The number of nitrogens with two attached hydrogens (primary N) is 3. The van der Waals surface area contributed by atoms with E-state index >= 15 is 0 Å². The summed E-state index contributed by atoms with van der Waals surface area (Å²) in [5.74, 6) is 0.958. The number of hydrogen-bond acceptors (Lipinski definition) is 8. The molecule has 8 nitrogen and oxygen atoms in total. The number of aromatic nitrogens is 3. The summed E-state index contributed by atoms with van der Waals surface area (Å²) >= 11 is 0. The van der Waals surface area contributed by atoms with E-state index in [2.05, 4.69) is 20.1 Å². The predicted molar refractivity (Wildman–Crippen MR) is 102 cm³/mol. The van der Waals surface area contributed by atoms with Crippen molar-refractivity contribution in [3.63, 3.8) is 0 Å². The van der Waals surface area contributed by atoms with Crippen molar-refractivity contribution in [1.29, 1.82) is 0 Å².